The molecule has 0 saturated carbocycles. The van der Waals surface area contributed by atoms with Crippen LogP contribution in [0.15, 0.2) is 204 Å². The number of nitrogens with zero attached hydrogens (tertiary/aromatic N) is 2. The van der Waals surface area contributed by atoms with Crippen molar-refractivity contribution in [2.75, 3.05) is 19.0 Å². The highest BCUT2D eigenvalue weighted by molar-refractivity contribution is 9.10. The molecular weight excluding hydrogens is 745 g/mol. The van der Waals surface area contributed by atoms with Gasteiger partial charge in [-0.1, -0.05) is 168 Å². The summed E-state index contributed by atoms with van der Waals surface area (Å²) < 4.78 is 3.57. The van der Waals surface area contributed by atoms with Crippen LogP contribution >= 0.6 is 15.9 Å². The van der Waals surface area contributed by atoms with Crippen molar-refractivity contribution in [3.63, 3.8) is 0 Å². The quantitative estimate of drug-likeness (QED) is 0.125. The molecule has 2 aliphatic heterocycles. The summed E-state index contributed by atoms with van der Waals surface area (Å²) in [4.78, 5) is 2.43. The Hall–Kier alpha value is -5.77. The second-order valence-electron chi connectivity index (χ2n) is 15.6. The molecule has 9 rings (SSSR count). The van der Waals surface area contributed by atoms with Crippen LogP contribution in [0.5, 0.6) is 0 Å². The number of hydrogen-bond donors (Lipinski definition) is 0. The molecule has 274 valence electrons. The number of halogens is 1. The average Bonchev–Trinajstić information content (AvgIpc) is 3.58. The number of allylic oxidation sites excluding steroid dienone is 4. The minimum Gasteiger partial charge on any atom is -0.347 e. The molecule has 56 heavy (non-hydrogen) atoms. The predicted molar refractivity (Wildman–Crippen MR) is 239 cm³/mol. The molecular formula is C53H46BrN2+. The first-order chi connectivity index (χ1) is 27.4. The van der Waals surface area contributed by atoms with Gasteiger partial charge in [0, 0.05) is 46.0 Å². The highest BCUT2D eigenvalue weighted by Gasteiger charge is 2.51. The van der Waals surface area contributed by atoms with Gasteiger partial charge in [-0.15, -0.1) is 0 Å². The van der Waals surface area contributed by atoms with Gasteiger partial charge in [-0.2, -0.15) is 4.58 Å². The Balaban J connectivity index is 1.24. The summed E-state index contributed by atoms with van der Waals surface area (Å²) in [5, 5.41) is 2.60. The highest BCUT2D eigenvalue weighted by Crippen LogP contribution is 2.52. The van der Waals surface area contributed by atoms with E-state index in [4.69, 9.17) is 0 Å². The second kappa shape index (κ2) is 15.0. The van der Waals surface area contributed by atoms with Gasteiger partial charge >= 0.3 is 0 Å². The first-order valence-electron chi connectivity index (χ1n) is 19.7. The van der Waals surface area contributed by atoms with E-state index in [1.165, 1.54) is 66.9 Å². The normalized spacial score (nSPS) is 16.2. The summed E-state index contributed by atoms with van der Waals surface area (Å²) in [7, 11) is 4.51. The zero-order chi connectivity index (χ0) is 38.1. The lowest BCUT2D eigenvalue weighted by molar-refractivity contribution is -0.401. The van der Waals surface area contributed by atoms with Crippen LogP contribution in [-0.4, -0.2) is 24.4 Å². The lowest BCUT2D eigenvalue weighted by Gasteiger charge is -2.34. The molecule has 0 radical (unpaired) electrons. The zero-order valence-electron chi connectivity index (χ0n) is 32.1. The summed E-state index contributed by atoms with van der Waals surface area (Å²) >= 11 is 3.87. The standard InChI is InChI=1S/C53H46BrN2/c1-55-47-33-31-44(54)34-46(47)52(35-39-18-7-3-8-19-39,36-40-20-9-4-10-21-40)49(55)28-17-29-50-53(37-41-22-11-5-12-23-41,38-42-24-13-6-14-25-42)51-45-27-16-15-26-43(45)30-32-48(51)56(50)2/h3-34H,35-38H2,1-2H3/q+1. The molecule has 7 aromatic carbocycles. The van der Waals surface area contributed by atoms with Gasteiger partial charge in [0.1, 0.15) is 7.05 Å². The third-order valence-corrected chi connectivity index (χ3v) is 12.7. The topological polar surface area (TPSA) is 6.25 Å². The van der Waals surface area contributed by atoms with Crippen molar-refractivity contribution < 1.29 is 4.58 Å². The minimum absolute atomic E-state index is 0.294. The highest BCUT2D eigenvalue weighted by atomic mass is 79.9. The van der Waals surface area contributed by atoms with Gasteiger partial charge in [0.2, 0.25) is 5.69 Å². The van der Waals surface area contributed by atoms with E-state index in [0.717, 1.165) is 30.2 Å². The van der Waals surface area contributed by atoms with Crippen LogP contribution in [0.3, 0.4) is 0 Å². The van der Waals surface area contributed by atoms with Gasteiger partial charge in [0.05, 0.1) is 5.41 Å². The van der Waals surface area contributed by atoms with E-state index >= 15 is 0 Å². The first kappa shape index (κ1) is 35.9. The van der Waals surface area contributed by atoms with Crippen molar-refractivity contribution in [1.82, 2.24) is 0 Å². The van der Waals surface area contributed by atoms with Gasteiger partial charge < -0.3 is 4.90 Å². The van der Waals surface area contributed by atoms with Crippen molar-refractivity contribution in [2.45, 2.75) is 36.5 Å². The third kappa shape index (κ3) is 6.44. The lowest BCUT2D eigenvalue weighted by Crippen LogP contribution is -2.39. The number of likely N-dealkylation sites (N-methyl/N-ethyl adjacent to an activating group) is 1. The molecule has 0 N–H and O–H groups in total. The molecule has 0 fully saturated rings. The van der Waals surface area contributed by atoms with Crippen LogP contribution < -0.4 is 4.90 Å². The summed E-state index contributed by atoms with van der Waals surface area (Å²) in [6, 6.07) is 64.6. The Kier molecular flexibility index (Phi) is 9.65. The Morgan fingerprint density at radius 1 is 0.571 bits per heavy atom. The summed E-state index contributed by atoms with van der Waals surface area (Å²) in [5.74, 6) is 0. The van der Waals surface area contributed by atoms with E-state index in [2.05, 4.69) is 234 Å². The molecule has 0 aromatic heterocycles. The summed E-state index contributed by atoms with van der Waals surface area (Å²) in [6.07, 6.45) is 10.7. The van der Waals surface area contributed by atoms with Gasteiger partial charge in [0.25, 0.3) is 0 Å². The number of anilines is 1. The van der Waals surface area contributed by atoms with Crippen molar-refractivity contribution >= 4 is 43.8 Å². The molecule has 3 heteroatoms. The van der Waals surface area contributed by atoms with Crippen LogP contribution in [0.2, 0.25) is 0 Å². The fraction of sp³-hybridized carbons (Fsp3) is 0.151. The largest absolute Gasteiger partial charge is 0.347 e. The number of fused-ring (bicyclic) bond motifs is 4. The van der Waals surface area contributed by atoms with E-state index in [-0.39, 0.29) is 10.8 Å². The Morgan fingerprint density at radius 2 is 1.07 bits per heavy atom. The van der Waals surface area contributed by atoms with Gasteiger partial charge in [-0.3, -0.25) is 0 Å². The van der Waals surface area contributed by atoms with Crippen LogP contribution in [0.25, 0.3) is 10.8 Å². The summed E-state index contributed by atoms with van der Waals surface area (Å²) in [5.41, 5.74) is 12.6. The predicted octanol–water partition coefficient (Wildman–Crippen LogP) is 12.4. The first-order valence-corrected chi connectivity index (χ1v) is 20.5. The van der Waals surface area contributed by atoms with Crippen molar-refractivity contribution in [3.8, 4) is 0 Å². The van der Waals surface area contributed by atoms with Crippen LogP contribution in [0.4, 0.5) is 11.4 Å². The maximum Gasteiger partial charge on any atom is 0.210 e. The monoisotopic (exact) mass is 789 g/mol. The van der Waals surface area contributed by atoms with Gasteiger partial charge in [-0.05, 0) is 94.6 Å². The smallest absolute Gasteiger partial charge is 0.210 e. The fourth-order valence-electron chi connectivity index (χ4n) is 9.80. The van der Waals surface area contributed by atoms with Crippen molar-refractivity contribution in [1.29, 1.82) is 0 Å². The summed E-state index contributed by atoms with van der Waals surface area (Å²) in [6.45, 7) is 0. The molecule has 0 saturated heterocycles. The van der Waals surface area contributed by atoms with Crippen LogP contribution in [-0.2, 0) is 36.5 Å². The molecule has 0 atom stereocenters. The number of benzene rings is 7. The number of hydrogen-bond acceptors (Lipinski definition) is 1. The molecule has 2 aliphatic rings. The van der Waals surface area contributed by atoms with E-state index in [9.17, 15) is 0 Å². The Labute approximate surface area is 339 Å². The van der Waals surface area contributed by atoms with E-state index in [1.807, 2.05) is 0 Å². The van der Waals surface area contributed by atoms with E-state index in [0.29, 0.717) is 0 Å². The van der Waals surface area contributed by atoms with Crippen LogP contribution in [0.1, 0.15) is 33.4 Å². The number of rotatable bonds is 10. The molecule has 0 unspecified atom stereocenters. The van der Waals surface area contributed by atoms with E-state index < -0.39 is 0 Å². The lowest BCUT2D eigenvalue weighted by atomic mass is 9.67. The molecule has 0 aliphatic carbocycles. The van der Waals surface area contributed by atoms with Gasteiger partial charge in [-0.25, -0.2) is 0 Å². The maximum atomic E-state index is 3.87. The molecule has 2 nitrogen and oxygen atoms in total. The zero-order valence-corrected chi connectivity index (χ0v) is 33.7. The van der Waals surface area contributed by atoms with Gasteiger partial charge in [0.15, 0.2) is 5.71 Å². The Bertz CT molecular complexity index is 2520. The average molecular weight is 791 g/mol. The fourth-order valence-corrected chi connectivity index (χ4v) is 10.2. The van der Waals surface area contributed by atoms with Crippen molar-refractivity contribution in [2.24, 2.45) is 0 Å². The molecule has 2 heterocycles. The molecule has 0 amide bonds. The third-order valence-electron chi connectivity index (χ3n) is 12.2. The Morgan fingerprint density at radius 3 is 1.62 bits per heavy atom. The SMILES string of the molecule is CN1/C(=C/C=C/C2=[N+](C)c3ccc4ccccc4c3C2(Cc2ccccc2)Cc2ccccc2)C(Cc2ccccc2)(Cc2ccccc2)c2cc(Br)ccc21. The minimum atomic E-state index is -0.316. The molecule has 0 spiro atoms. The molecule has 7 aromatic rings. The maximum absolute atomic E-state index is 3.87. The van der Waals surface area contributed by atoms with Crippen molar-refractivity contribution in [3.05, 3.63) is 238 Å². The molecule has 0 bridgehead atoms. The van der Waals surface area contributed by atoms with Crippen LogP contribution in [0, 0.1) is 0 Å². The van der Waals surface area contributed by atoms with E-state index in [1.54, 1.807) is 0 Å². The second-order valence-corrected chi connectivity index (χ2v) is 16.5.